The number of nitrogens with zero attached hydrogens (tertiary/aromatic N) is 2. The van der Waals surface area contributed by atoms with Gasteiger partial charge in [-0.25, -0.2) is 0 Å². The molecule has 1 aliphatic rings. The highest BCUT2D eigenvalue weighted by molar-refractivity contribution is 14.0. The van der Waals surface area contributed by atoms with Crippen molar-refractivity contribution in [3.8, 4) is 5.75 Å². The molecule has 26 heavy (non-hydrogen) atoms. The van der Waals surface area contributed by atoms with Crippen LogP contribution in [0.2, 0.25) is 0 Å². The standard InChI is InChI=1S/C19H32N4O2.HI/c1-20-18(21-12-9-16-7-5-6-8-17(16)24-4)22-15-19(23(2)3)10-13-25-14-11-19;/h5-8H,9-15H2,1-4H3,(H2,20,21,22);1H. The number of guanidine groups is 1. The fourth-order valence-corrected chi connectivity index (χ4v) is 3.23. The number of rotatable bonds is 7. The minimum Gasteiger partial charge on any atom is -0.496 e. The van der Waals surface area contributed by atoms with Crippen LogP contribution in [-0.4, -0.2) is 71.0 Å². The molecule has 0 aromatic heterocycles. The van der Waals surface area contributed by atoms with Crippen LogP contribution in [0.4, 0.5) is 0 Å². The summed E-state index contributed by atoms with van der Waals surface area (Å²) in [6.07, 6.45) is 2.95. The van der Waals surface area contributed by atoms with Crippen molar-refractivity contribution in [3.05, 3.63) is 29.8 Å². The molecule has 0 saturated carbocycles. The summed E-state index contributed by atoms with van der Waals surface area (Å²) >= 11 is 0. The van der Waals surface area contributed by atoms with Gasteiger partial charge in [0.1, 0.15) is 5.75 Å². The van der Waals surface area contributed by atoms with Crippen LogP contribution in [0.25, 0.3) is 0 Å². The van der Waals surface area contributed by atoms with E-state index in [-0.39, 0.29) is 29.5 Å². The van der Waals surface area contributed by atoms with Gasteiger partial charge >= 0.3 is 0 Å². The first-order chi connectivity index (χ1) is 12.1. The molecule has 1 saturated heterocycles. The highest BCUT2D eigenvalue weighted by Gasteiger charge is 2.34. The normalized spacial score (nSPS) is 16.7. The quantitative estimate of drug-likeness (QED) is 0.359. The van der Waals surface area contributed by atoms with E-state index in [0.717, 1.165) is 57.3 Å². The van der Waals surface area contributed by atoms with E-state index in [4.69, 9.17) is 9.47 Å². The molecule has 7 heteroatoms. The van der Waals surface area contributed by atoms with Crippen LogP contribution >= 0.6 is 24.0 Å². The van der Waals surface area contributed by atoms with Crippen molar-refractivity contribution < 1.29 is 9.47 Å². The van der Waals surface area contributed by atoms with Crippen LogP contribution in [0.3, 0.4) is 0 Å². The fraction of sp³-hybridized carbons (Fsp3) is 0.632. The van der Waals surface area contributed by atoms with Gasteiger partial charge in [0.15, 0.2) is 5.96 Å². The summed E-state index contributed by atoms with van der Waals surface area (Å²) in [5.41, 5.74) is 1.32. The monoisotopic (exact) mass is 476 g/mol. The third kappa shape index (κ3) is 6.28. The lowest BCUT2D eigenvalue weighted by Crippen LogP contribution is -2.57. The number of aliphatic imine (C=N–C) groups is 1. The predicted octanol–water partition coefficient (Wildman–Crippen LogP) is 2.13. The van der Waals surface area contributed by atoms with E-state index in [1.54, 1.807) is 7.11 Å². The molecule has 0 bridgehead atoms. The maximum atomic E-state index is 5.53. The summed E-state index contributed by atoms with van der Waals surface area (Å²) in [7, 11) is 7.81. The lowest BCUT2D eigenvalue weighted by Gasteiger charge is -2.43. The molecule has 1 aliphatic heterocycles. The molecule has 0 spiro atoms. The number of nitrogens with one attached hydrogen (secondary N) is 2. The Balaban J connectivity index is 0.00000338. The highest BCUT2D eigenvalue weighted by Crippen LogP contribution is 2.25. The zero-order valence-corrected chi connectivity index (χ0v) is 18.7. The lowest BCUT2D eigenvalue weighted by atomic mass is 9.88. The molecule has 148 valence electrons. The summed E-state index contributed by atoms with van der Waals surface area (Å²) in [5, 5.41) is 6.89. The summed E-state index contributed by atoms with van der Waals surface area (Å²) in [6, 6.07) is 8.12. The molecule has 0 amide bonds. The third-order valence-corrected chi connectivity index (χ3v) is 5.06. The SMILES string of the molecule is CN=C(NCCc1ccccc1OC)NCC1(N(C)C)CCOCC1.I. The molecular weight excluding hydrogens is 443 g/mol. The molecule has 2 rings (SSSR count). The Kier molecular flexibility index (Phi) is 10.3. The molecule has 1 aromatic carbocycles. The van der Waals surface area contributed by atoms with Crippen molar-refractivity contribution in [2.75, 3.05) is 54.6 Å². The zero-order valence-electron chi connectivity index (χ0n) is 16.4. The van der Waals surface area contributed by atoms with Gasteiger partial charge in [-0.2, -0.15) is 0 Å². The number of ether oxygens (including phenoxy) is 2. The van der Waals surface area contributed by atoms with Crippen LogP contribution in [0.15, 0.2) is 29.3 Å². The Morgan fingerprint density at radius 2 is 1.92 bits per heavy atom. The first kappa shape index (κ1) is 23.0. The molecule has 1 fully saturated rings. The van der Waals surface area contributed by atoms with Gasteiger partial charge in [-0.15, -0.1) is 24.0 Å². The van der Waals surface area contributed by atoms with Crippen molar-refractivity contribution in [2.24, 2.45) is 4.99 Å². The Bertz CT molecular complexity index is 560. The van der Waals surface area contributed by atoms with Gasteiger partial charge in [0.25, 0.3) is 0 Å². The topological polar surface area (TPSA) is 58.1 Å². The van der Waals surface area contributed by atoms with E-state index in [0.29, 0.717) is 0 Å². The number of halogens is 1. The van der Waals surface area contributed by atoms with Crippen molar-refractivity contribution in [1.29, 1.82) is 0 Å². The number of hydrogen-bond acceptors (Lipinski definition) is 4. The lowest BCUT2D eigenvalue weighted by molar-refractivity contribution is -0.00500. The zero-order chi connectivity index (χ0) is 18.1. The Morgan fingerprint density at radius 3 is 2.54 bits per heavy atom. The molecule has 6 nitrogen and oxygen atoms in total. The van der Waals surface area contributed by atoms with E-state index in [1.165, 1.54) is 5.56 Å². The van der Waals surface area contributed by atoms with E-state index >= 15 is 0 Å². The summed E-state index contributed by atoms with van der Waals surface area (Å²) in [4.78, 5) is 6.66. The summed E-state index contributed by atoms with van der Waals surface area (Å²) < 4.78 is 10.9. The maximum Gasteiger partial charge on any atom is 0.191 e. The van der Waals surface area contributed by atoms with Crippen LogP contribution < -0.4 is 15.4 Å². The predicted molar refractivity (Wildman–Crippen MR) is 118 cm³/mol. The van der Waals surface area contributed by atoms with Crippen molar-refractivity contribution in [3.63, 3.8) is 0 Å². The number of methoxy groups -OCH3 is 1. The maximum absolute atomic E-state index is 5.53. The van der Waals surface area contributed by atoms with Gasteiger partial charge < -0.3 is 25.0 Å². The van der Waals surface area contributed by atoms with Gasteiger partial charge in [0, 0.05) is 38.9 Å². The average Bonchev–Trinajstić information content (AvgIpc) is 2.65. The number of likely N-dealkylation sites (N-methyl/N-ethyl adjacent to an activating group) is 1. The second-order valence-electron chi connectivity index (χ2n) is 6.65. The second kappa shape index (κ2) is 11.6. The second-order valence-corrected chi connectivity index (χ2v) is 6.65. The average molecular weight is 476 g/mol. The minimum atomic E-state index is 0. The summed E-state index contributed by atoms with van der Waals surface area (Å²) in [5.74, 6) is 1.77. The first-order valence-corrected chi connectivity index (χ1v) is 8.93. The molecule has 2 N–H and O–H groups in total. The van der Waals surface area contributed by atoms with Gasteiger partial charge in [0.2, 0.25) is 0 Å². The van der Waals surface area contributed by atoms with Crippen molar-refractivity contribution in [1.82, 2.24) is 15.5 Å². The van der Waals surface area contributed by atoms with E-state index in [2.05, 4.69) is 40.7 Å². The van der Waals surface area contributed by atoms with Crippen LogP contribution in [0.1, 0.15) is 18.4 Å². The van der Waals surface area contributed by atoms with Crippen molar-refractivity contribution in [2.45, 2.75) is 24.8 Å². The van der Waals surface area contributed by atoms with Gasteiger partial charge in [-0.1, -0.05) is 18.2 Å². The third-order valence-electron chi connectivity index (χ3n) is 5.06. The minimum absolute atomic E-state index is 0. The Hall–Kier alpha value is -1.06. The molecule has 1 aromatic rings. The van der Waals surface area contributed by atoms with Gasteiger partial charge in [-0.05, 0) is 45.0 Å². The molecule has 0 aliphatic carbocycles. The van der Waals surface area contributed by atoms with E-state index in [9.17, 15) is 0 Å². The Labute approximate surface area is 174 Å². The molecule has 0 radical (unpaired) electrons. The van der Waals surface area contributed by atoms with Crippen LogP contribution in [-0.2, 0) is 11.2 Å². The number of hydrogen-bond donors (Lipinski definition) is 2. The van der Waals surface area contributed by atoms with Crippen LogP contribution in [0, 0.1) is 0 Å². The molecule has 0 unspecified atom stereocenters. The Morgan fingerprint density at radius 1 is 1.23 bits per heavy atom. The molecule has 0 atom stereocenters. The number of benzene rings is 1. The highest BCUT2D eigenvalue weighted by atomic mass is 127. The first-order valence-electron chi connectivity index (χ1n) is 8.93. The molecular formula is C19H33IN4O2. The molecule has 1 heterocycles. The fourth-order valence-electron chi connectivity index (χ4n) is 3.23. The largest absolute Gasteiger partial charge is 0.496 e. The van der Waals surface area contributed by atoms with Gasteiger partial charge in [0.05, 0.1) is 7.11 Å². The van der Waals surface area contributed by atoms with Crippen molar-refractivity contribution >= 4 is 29.9 Å². The number of para-hydroxylation sites is 1. The summed E-state index contributed by atoms with van der Waals surface area (Å²) in [6.45, 7) is 3.30. The van der Waals surface area contributed by atoms with Crippen LogP contribution in [0.5, 0.6) is 5.75 Å². The van der Waals surface area contributed by atoms with Gasteiger partial charge in [-0.3, -0.25) is 4.99 Å². The van der Waals surface area contributed by atoms with E-state index < -0.39 is 0 Å². The van der Waals surface area contributed by atoms with E-state index in [1.807, 2.05) is 25.2 Å². The smallest absolute Gasteiger partial charge is 0.191 e.